The number of ether oxygens (including phenoxy) is 1. The van der Waals surface area contributed by atoms with Crippen molar-refractivity contribution in [1.82, 2.24) is 4.90 Å². The van der Waals surface area contributed by atoms with E-state index in [1.165, 1.54) is 0 Å². The molecule has 0 heterocycles. The lowest BCUT2D eigenvalue weighted by atomic mass is 10.1. The molecule has 1 aromatic rings. The number of nitrogens with zero attached hydrogens (tertiary/aromatic N) is 1. The van der Waals surface area contributed by atoms with E-state index in [1.54, 1.807) is 36.2 Å². The van der Waals surface area contributed by atoms with Gasteiger partial charge < -0.3 is 20.1 Å². The number of urea groups is 1. The van der Waals surface area contributed by atoms with E-state index in [-0.39, 0.29) is 24.7 Å². The van der Waals surface area contributed by atoms with Gasteiger partial charge in [0.15, 0.2) is 0 Å². The minimum absolute atomic E-state index is 0.00310. The number of alkyl halides is 1. The van der Waals surface area contributed by atoms with Crippen LogP contribution in [0.25, 0.3) is 0 Å². The molecule has 2 rings (SSSR count). The largest absolute Gasteiger partial charge is 0.491 e. The van der Waals surface area contributed by atoms with Crippen LogP contribution >= 0.6 is 0 Å². The third kappa shape index (κ3) is 4.59. The molecule has 2 amide bonds. The van der Waals surface area contributed by atoms with Crippen molar-refractivity contribution in [2.24, 2.45) is 5.92 Å². The summed E-state index contributed by atoms with van der Waals surface area (Å²) in [6, 6.07) is 6.62. The molecular formula is C16H23FN2O3. The van der Waals surface area contributed by atoms with Crippen LogP contribution in [0.5, 0.6) is 5.75 Å². The summed E-state index contributed by atoms with van der Waals surface area (Å²) in [4.78, 5) is 13.7. The van der Waals surface area contributed by atoms with Gasteiger partial charge in [0.05, 0.1) is 6.10 Å². The number of halogens is 1. The molecular weight excluding hydrogens is 287 g/mol. The van der Waals surface area contributed by atoms with Crippen molar-refractivity contribution in [3.63, 3.8) is 0 Å². The molecule has 2 N–H and O–H groups in total. The maximum Gasteiger partial charge on any atom is 0.321 e. The van der Waals surface area contributed by atoms with Crippen molar-refractivity contribution in [2.45, 2.75) is 25.4 Å². The fourth-order valence-corrected chi connectivity index (χ4v) is 2.70. The quantitative estimate of drug-likeness (QED) is 0.849. The molecule has 6 heteroatoms. The third-order valence-electron chi connectivity index (χ3n) is 3.91. The van der Waals surface area contributed by atoms with E-state index in [1.807, 2.05) is 0 Å². The standard InChI is InChI=1S/C16H23FN2O3/c1-19(11-12-4-2-7-15(12)20)16(21)18-13-5-3-6-14(10-13)22-9-8-17/h3,5-6,10,12,15,20H,2,4,7-9,11H2,1H3,(H,18,21). The van der Waals surface area contributed by atoms with Crippen molar-refractivity contribution in [2.75, 3.05) is 32.2 Å². The molecule has 1 aliphatic rings. The van der Waals surface area contributed by atoms with Gasteiger partial charge in [0.1, 0.15) is 19.0 Å². The van der Waals surface area contributed by atoms with Gasteiger partial charge in [-0.3, -0.25) is 0 Å². The van der Waals surface area contributed by atoms with Crippen molar-refractivity contribution in [3.8, 4) is 5.75 Å². The lowest BCUT2D eigenvalue weighted by molar-refractivity contribution is 0.116. The molecule has 2 atom stereocenters. The fraction of sp³-hybridized carbons (Fsp3) is 0.562. The van der Waals surface area contributed by atoms with Crippen LogP contribution in [0.3, 0.4) is 0 Å². The zero-order valence-corrected chi connectivity index (χ0v) is 12.8. The van der Waals surface area contributed by atoms with Crippen LogP contribution in [0.4, 0.5) is 14.9 Å². The van der Waals surface area contributed by atoms with Gasteiger partial charge in [0, 0.05) is 31.3 Å². The number of amides is 2. The second-order valence-electron chi connectivity index (χ2n) is 5.63. The Morgan fingerprint density at radius 3 is 3.00 bits per heavy atom. The summed E-state index contributed by atoms with van der Waals surface area (Å²) >= 11 is 0. The third-order valence-corrected chi connectivity index (χ3v) is 3.91. The molecule has 0 spiro atoms. The second kappa shape index (κ2) is 7.98. The summed E-state index contributed by atoms with van der Waals surface area (Å²) < 4.78 is 17.3. The van der Waals surface area contributed by atoms with Crippen LogP contribution in [-0.4, -0.2) is 49.0 Å². The van der Waals surface area contributed by atoms with Crippen molar-refractivity contribution >= 4 is 11.7 Å². The Bertz CT molecular complexity index is 498. The Kier molecular flexibility index (Phi) is 6.00. The molecule has 1 saturated carbocycles. The number of benzene rings is 1. The zero-order valence-electron chi connectivity index (χ0n) is 12.8. The summed E-state index contributed by atoms with van der Waals surface area (Å²) in [5.74, 6) is 0.666. The average molecular weight is 310 g/mol. The molecule has 0 saturated heterocycles. The molecule has 22 heavy (non-hydrogen) atoms. The lowest BCUT2D eigenvalue weighted by Gasteiger charge is -2.23. The number of carbonyl (C=O) groups excluding carboxylic acids is 1. The summed E-state index contributed by atoms with van der Waals surface area (Å²) in [6.07, 6.45) is 2.46. The van der Waals surface area contributed by atoms with Crippen LogP contribution in [0, 0.1) is 5.92 Å². The van der Waals surface area contributed by atoms with Gasteiger partial charge in [-0.2, -0.15) is 0 Å². The Morgan fingerprint density at radius 2 is 2.32 bits per heavy atom. The molecule has 1 aliphatic carbocycles. The SMILES string of the molecule is CN(CC1CCCC1O)C(=O)Nc1cccc(OCCF)c1. The number of carbonyl (C=O) groups is 1. The summed E-state index contributed by atoms with van der Waals surface area (Å²) in [5.41, 5.74) is 0.597. The first kappa shape index (κ1) is 16.5. The first-order chi connectivity index (χ1) is 10.6. The molecule has 1 fully saturated rings. The predicted molar refractivity (Wildman–Crippen MR) is 82.9 cm³/mol. The first-order valence-corrected chi connectivity index (χ1v) is 7.59. The number of hydrogen-bond donors (Lipinski definition) is 2. The average Bonchev–Trinajstić information content (AvgIpc) is 2.90. The van der Waals surface area contributed by atoms with E-state index in [9.17, 15) is 14.3 Å². The normalized spacial score (nSPS) is 20.7. The van der Waals surface area contributed by atoms with E-state index in [0.29, 0.717) is 18.0 Å². The molecule has 122 valence electrons. The van der Waals surface area contributed by atoms with Crippen LogP contribution < -0.4 is 10.1 Å². The van der Waals surface area contributed by atoms with Crippen molar-refractivity contribution < 1.29 is 19.0 Å². The Labute approximate surface area is 130 Å². The van der Waals surface area contributed by atoms with Crippen molar-refractivity contribution in [3.05, 3.63) is 24.3 Å². The molecule has 0 aliphatic heterocycles. The molecule has 0 radical (unpaired) electrons. The molecule has 0 bridgehead atoms. The van der Waals surface area contributed by atoms with Crippen LogP contribution in [0.1, 0.15) is 19.3 Å². The number of hydrogen-bond acceptors (Lipinski definition) is 3. The van der Waals surface area contributed by atoms with Gasteiger partial charge in [0.25, 0.3) is 0 Å². The zero-order chi connectivity index (χ0) is 15.9. The maximum absolute atomic E-state index is 12.2. The Morgan fingerprint density at radius 1 is 1.50 bits per heavy atom. The number of anilines is 1. The number of aliphatic hydroxyl groups is 1. The molecule has 5 nitrogen and oxygen atoms in total. The highest BCUT2D eigenvalue weighted by Crippen LogP contribution is 2.26. The highest BCUT2D eigenvalue weighted by Gasteiger charge is 2.27. The van der Waals surface area contributed by atoms with Crippen molar-refractivity contribution in [1.29, 1.82) is 0 Å². The van der Waals surface area contributed by atoms with Crippen LogP contribution in [0.15, 0.2) is 24.3 Å². The minimum Gasteiger partial charge on any atom is -0.491 e. The molecule has 0 aromatic heterocycles. The number of aliphatic hydroxyl groups excluding tert-OH is 1. The van der Waals surface area contributed by atoms with Gasteiger partial charge in [-0.05, 0) is 25.0 Å². The minimum atomic E-state index is -0.553. The highest BCUT2D eigenvalue weighted by atomic mass is 19.1. The predicted octanol–water partition coefficient (Wildman–Crippen LogP) is 2.66. The van der Waals surface area contributed by atoms with E-state index >= 15 is 0 Å². The summed E-state index contributed by atoms with van der Waals surface area (Å²) in [7, 11) is 1.71. The van der Waals surface area contributed by atoms with E-state index in [0.717, 1.165) is 19.3 Å². The molecule has 2 unspecified atom stereocenters. The second-order valence-corrected chi connectivity index (χ2v) is 5.63. The number of nitrogens with one attached hydrogen (secondary N) is 1. The Balaban J connectivity index is 1.87. The Hall–Kier alpha value is -1.82. The van der Waals surface area contributed by atoms with E-state index < -0.39 is 6.67 Å². The van der Waals surface area contributed by atoms with Gasteiger partial charge in [-0.25, -0.2) is 9.18 Å². The first-order valence-electron chi connectivity index (χ1n) is 7.59. The van der Waals surface area contributed by atoms with Gasteiger partial charge in [0.2, 0.25) is 0 Å². The summed E-state index contributed by atoms with van der Waals surface area (Å²) in [6.45, 7) is -0.0229. The van der Waals surface area contributed by atoms with Gasteiger partial charge >= 0.3 is 6.03 Å². The smallest absolute Gasteiger partial charge is 0.321 e. The van der Waals surface area contributed by atoms with Gasteiger partial charge in [-0.15, -0.1) is 0 Å². The highest BCUT2D eigenvalue weighted by molar-refractivity contribution is 5.89. The number of rotatable bonds is 6. The fourth-order valence-electron chi connectivity index (χ4n) is 2.70. The van der Waals surface area contributed by atoms with Gasteiger partial charge in [-0.1, -0.05) is 12.5 Å². The van der Waals surface area contributed by atoms with E-state index in [4.69, 9.17) is 4.74 Å². The molecule has 1 aromatic carbocycles. The van der Waals surface area contributed by atoms with Crippen LogP contribution in [0.2, 0.25) is 0 Å². The monoisotopic (exact) mass is 310 g/mol. The van der Waals surface area contributed by atoms with E-state index in [2.05, 4.69) is 5.32 Å². The summed E-state index contributed by atoms with van der Waals surface area (Å²) in [5, 5.41) is 12.6. The lowest BCUT2D eigenvalue weighted by Crippen LogP contribution is -2.37. The topological polar surface area (TPSA) is 61.8 Å². The maximum atomic E-state index is 12.2. The van der Waals surface area contributed by atoms with Crippen LogP contribution in [-0.2, 0) is 0 Å².